The first-order valence-corrected chi connectivity index (χ1v) is 8.74. The van der Waals surface area contributed by atoms with Gasteiger partial charge in [0.15, 0.2) is 5.92 Å². The number of piperidine rings is 1. The fourth-order valence-electron chi connectivity index (χ4n) is 3.12. The van der Waals surface area contributed by atoms with Crippen LogP contribution in [0.1, 0.15) is 32.3 Å². The zero-order valence-corrected chi connectivity index (χ0v) is 14.7. The monoisotopic (exact) mass is 347 g/mol. The first kappa shape index (κ1) is 19.0. The first-order chi connectivity index (χ1) is 12.1. The van der Waals surface area contributed by atoms with E-state index < -0.39 is 23.9 Å². The molecule has 1 aromatic rings. The van der Waals surface area contributed by atoms with E-state index in [9.17, 15) is 14.4 Å². The topological polar surface area (TPSA) is 81.7 Å². The molecule has 0 saturated carbocycles. The van der Waals surface area contributed by atoms with E-state index in [2.05, 4.69) is 5.32 Å². The molecule has 0 aliphatic carbocycles. The highest BCUT2D eigenvalue weighted by Gasteiger charge is 2.41. The van der Waals surface area contributed by atoms with Crippen molar-refractivity contribution < 1.29 is 23.9 Å². The van der Waals surface area contributed by atoms with Crippen molar-refractivity contribution in [1.29, 1.82) is 0 Å². The highest BCUT2D eigenvalue weighted by atomic mass is 16.6. The molecule has 0 aromatic heterocycles. The van der Waals surface area contributed by atoms with Gasteiger partial charge in [-0.2, -0.15) is 0 Å². The summed E-state index contributed by atoms with van der Waals surface area (Å²) >= 11 is 0. The molecule has 1 aliphatic rings. The average molecular weight is 347 g/mol. The smallest absolute Gasteiger partial charge is 0.322 e. The Balaban J connectivity index is 2.03. The van der Waals surface area contributed by atoms with Gasteiger partial charge in [0.1, 0.15) is 0 Å². The second-order valence-corrected chi connectivity index (χ2v) is 6.06. The fourth-order valence-corrected chi connectivity index (χ4v) is 3.12. The number of rotatable bonds is 7. The molecule has 0 spiro atoms. The number of carbonyl (C=O) groups is 3. The molecule has 1 N–H and O–H groups in total. The van der Waals surface area contributed by atoms with Gasteiger partial charge >= 0.3 is 11.9 Å². The number of amides is 1. The summed E-state index contributed by atoms with van der Waals surface area (Å²) in [6.07, 6.45) is 1.79. The molecule has 6 heteroatoms. The lowest BCUT2D eigenvalue weighted by Crippen LogP contribution is -2.53. The second-order valence-electron chi connectivity index (χ2n) is 6.06. The summed E-state index contributed by atoms with van der Waals surface area (Å²) in [6, 6.07) is 9.20. The zero-order chi connectivity index (χ0) is 18.2. The number of benzene rings is 1. The Morgan fingerprint density at radius 1 is 1.08 bits per heavy atom. The van der Waals surface area contributed by atoms with Crippen molar-refractivity contribution in [1.82, 2.24) is 5.32 Å². The molecular weight excluding hydrogens is 322 g/mol. The lowest BCUT2D eigenvalue weighted by atomic mass is 9.84. The van der Waals surface area contributed by atoms with Gasteiger partial charge in [-0.15, -0.1) is 0 Å². The number of carbonyl (C=O) groups excluding carboxylic acids is 3. The van der Waals surface area contributed by atoms with E-state index in [1.807, 2.05) is 30.3 Å². The minimum atomic E-state index is -1.11. The van der Waals surface area contributed by atoms with Crippen LogP contribution in [0.2, 0.25) is 0 Å². The molecule has 1 amide bonds. The Bertz CT molecular complexity index is 583. The summed E-state index contributed by atoms with van der Waals surface area (Å²) < 4.78 is 9.98. The average Bonchev–Trinajstić information content (AvgIpc) is 2.59. The van der Waals surface area contributed by atoms with Crippen LogP contribution in [0.15, 0.2) is 30.3 Å². The molecule has 1 fully saturated rings. The van der Waals surface area contributed by atoms with Crippen LogP contribution in [-0.2, 0) is 30.3 Å². The standard InChI is InChI=1S/C19H25NO5/c1-3-24-18(22)16(19(23)25-4-2)15-11-10-14(17(21)20-15)12-13-8-6-5-7-9-13/h5-9,14-16H,3-4,10-12H2,1-2H3,(H,20,21). The zero-order valence-electron chi connectivity index (χ0n) is 14.7. The third kappa shape index (κ3) is 5.05. The normalized spacial score (nSPS) is 20.0. The maximum atomic E-state index is 12.5. The van der Waals surface area contributed by atoms with Gasteiger partial charge in [0.2, 0.25) is 5.91 Å². The molecule has 1 saturated heterocycles. The fraction of sp³-hybridized carbons (Fsp3) is 0.526. The van der Waals surface area contributed by atoms with Gasteiger partial charge in [0, 0.05) is 5.92 Å². The van der Waals surface area contributed by atoms with E-state index >= 15 is 0 Å². The van der Waals surface area contributed by atoms with E-state index in [1.165, 1.54) is 0 Å². The summed E-state index contributed by atoms with van der Waals surface area (Å²) in [5.74, 6) is -2.70. The van der Waals surface area contributed by atoms with Crippen LogP contribution in [0.25, 0.3) is 0 Å². The van der Waals surface area contributed by atoms with Crippen molar-refractivity contribution in [2.75, 3.05) is 13.2 Å². The van der Waals surface area contributed by atoms with Crippen molar-refractivity contribution in [3.63, 3.8) is 0 Å². The SMILES string of the molecule is CCOC(=O)C(C(=O)OCC)C1CCC(Cc2ccccc2)C(=O)N1. The maximum Gasteiger partial charge on any atom is 0.322 e. The summed E-state index contributed by atoms with van der Waals surface area (Å²) in [4.78, 5) is 36.8. The third-order valence-corrected chi connectivity index (χ3v) is 4.33. The predicted octanol–water partition coefficient (Wildman–Crippen LogP) is 1.87. The molecular formula is C19H25NO5. The van der Waals surface area contributed by atoms with Gasteiger partial charge in [0.25, 0.3) is 0 Å². The quantitative estimate of drug-likeness (QED) is 0.601. The lowest BCUT2D eigenvalue weighted by molar-refractivity contribution is -0.163. The molecule has 1 heterocycles. The van der Waals surface area contributed by atoms with Crippen molar-refractivity contribution in [3.05, 3.63) is 35.9 Å². The van der Waals surface area contributed by atoms with E-state index in [1.54, 1.807) is 13.8 Å². The van der Waals surface area contributed by atoms with Crippen LogP contribution < -0.4 is 5.32 Å². The summed E-state index contributed by atoms with van der Waals surface area (Å²) in [5, 5.41) is 2.82. The van der Waals surface area contributed by atoms with E-state index in [4.69, 9.17) is 9.47 Å². The van der Waals surface area contributed by atoms with Gasteiger partial charge < -0.3 is 14.8 Å². The van der Waals surface area contributed by atoms with Crippen LogP contribution in [0.5, 0.6) is 0 Å². The van der Waals surface area contributed by atoms with Gasteiger partial charge in [-0.1, -0.05) is 30.3 Å². The lowest BCUT2D eigenvalue weighted by Gasteiger charge is -2.32. The summed E-state index contributed by atoms with van der Waals surface area (Å²) in [7, 11) is 0. The Kier molecular flexibility index (Phi) is 6.98. The number of esters is 2. The van der Waals surface area contributed by atoms with Gasteiger partial charge in [0.05, 0.1) is 19.3 Å². The first-order valence-electron chi connectivity index (χ1n) is 8.74. The Morgan fingerprint density at radius 2 is 1.68 bits per heavy atom. The van der Waals surface area contributed by atoms with Crippen LogP contribution in [0.3, 0.4) is 0 Å². The second kappa shape index (κ2) is 9.20. The molecule has 25 heavy (non-hydrogen) atoms. The Morgan fingerprint density at radius 3 is 2.20 bits per heavy atom. The number of ether oxygens (including phenoxy) is 2. The Labute approximate surface area is 147 Å². The molecule has 2 atom stereocenters. The number of nitrogens with one attached hydrogen (secondary N) is 1. The molecule has 2 rings (SSSR count). The van der Waals surface area contributed by atoms with Gasteiger partial charge in [-0.05, 0) is 38.7 Å². The molecule has 0 radical (unpaired) electrons. The van der Waals surface area contributed by atoms with E-state index in [0.717, 1.165) is 5.56 Å². The minimum absolute atomic E-state index is 0.140. The molecule has 2 unspecified atom stereocenters. The highest BCUT2D eigenvalue weighted by molar-refractivity contribution is 5.96. The number of hydrogen-bond donors (Lipinski definition) is 1. The highest BCUT2D eigenvalue weighted by Crippen LogP contribution is 2.25. The van der Waals surface area contributed by atoms with Crippen LogP contribution in [0.4, 0.5) is 0 Å². The van der Waals surface area contributed by atoms with Gasteiger partial charge in [-0.3, -0.25) is 14.4 Å². The van der Waals surface area contributed by atoms with Crippen LogP contribution >= 0.6 is 0 Å². The van der Waals surface area contributed by atoms with Crippen molar-refractivity contribution in [2.45, 2.75) is 39.2 Å². The predicted molar refractivity (Wildman–Crippen MR) is 91.6 cm³/mol. The largest absolute Gasteiger partial charge is 0.465 e. The number of hydrogen-bond acceptors (Lipinski definition) is 5. The summed E-state index contributed by atoms with van der Waals surface area (Å²) in [5.41, 5.74) is 1.09. The van der Waals surface area contributed by atoms with Crippen molar-refractivity contribution in [2.24, 2.45) is 11.8 Å². The molecule has 1 aliphatic heterocycles. The van der Waals surface area contributed by atoms with E-state index in [0.29, 0.717) is 19.3 Å². The maximum absolute atomic E-state index is 12.5. The minimum Gasteiger partial charge on any atom is -0.465 e. The Hall–Kier alpha value is -2.37. The molecule has 1 aromatic carbocycles. The molecule has 6 nitrogen and oxygen atoms in total. The molecule has 0 bridgehead atoms. The van der Waals surface area contributed by atoms with Crippen LogP contribution in [-0.4, -0.2) is 37.1 Å². The molecule has 136 valence electrons. The van der Waals surface area contributed by atoms with E-state index in [-0.39, 0.29) is 25.0 Å². The van der Waals surface area contributed by atoms with Gasteiger partial charge in [-0.25, -0.2) is 0 Å². The van der Waals surface area contributed by atoms with Crippen LogP contribution in [0, 0.1) is 11.8 Å². The van der Waals surface area contributed by atoms with Crippen molar-refractivity contribution in [3.8, 4) is 0 Å². The third-order valence-electron chi connectivity index (χ3n) is 4.33. The van der Waals surface area contributed by atoms with Crippen molar-refractivity contribution >= 4 is 17.8 Å². The summed E-state index contributed by atoms with van der Waals surface area (Å²) in [6.45, 7) is 3.70.